The molecule has 9 heteroatoms. The van der Waals surface area contributed by atoms with Crippen molar-refractivity contribution in [1.29, 1.82) is 0 Å². The summed E-state index contributed by atoms with van der Waals surface area (Å²) in [6.07, 6.45) is -3.55. The van der Waals surface area contributed by atoms with Crippen LogP contribution in [-0.2, 0) is 4.79 Å². The number of alkyl halides is 3. The second-order valence-electron chi connectivity index (χ2n) is 5.12. The molecule has 3 amide bonds. The molecule has 0 radical (unpaired) electrons. The number of urea groups is 1. The number of nitrogens with zero attached hydrogens (tertiary/aromatic N) is 1. The van der Waals surface area contributed by atoms with Gasteiger partial charge in [-0.3, -0.25) is 4.79 Å². The van der Waals surface area contributed by atoms with Crippen LogP contribution in [0.15, 0.2) is 24.3 Å². The van der Waals surface area contributed by atoms with E-state index < -0.39 is 30.7 Å². The van der Waals surface area contributed by atoms with Gasteiger partial charge < -0.3 is 15.5 Å². The van der Waals surface area contributed by atoms with E-state index in [2.05, 4.69) is 27.9 Å². The third-order valence-electron chi connectivity index (χ3n) is 3.37. The average molecular weight is 441 g/mol. The van der Waals surface area contributed by atoms with Crippen molar-refractivity contribution in [2.75, 3.05) is 18.4 Å². The topological polar surface area (TPSA) is 61.4 Å². The molecule has 1 saturated heterocycles. The van der Waals surface area contributed by atoms with Crippen LogP contribution >= 0.6 is 22.6 Å². The molecule has 1 aliphatic rings. The van der Waals surface area contributed by atoms with E-state index in [0.717, 1.165) is 3.57 Å². The third kappa shape index (κ3) is 5.26. The minimum absolute atomic E-state index is 0.334. The first-order chi connectivity index (χ1) is 10.8. The Morgan fingerprint density at radius 2 is 1.91 bits per heavy atom. The fraction of sp³-hybridized carbons (Fsp3) is 0.429. The van der Waals surface area contributed by atoms with Gasteiger partial charge in [0.15, 0.2) is 0 Å². The molecule has 1 aliphatic heterocycles. The Morgan fingerprint density at radius 1 is 1.26 bits per heavy atom. The maximum atomic E-state index is 12.2. The number of anilines is 1. The van der Waals surface area contributed by atoms with Crippen molar-refractivity contribution in [3.63, 3.8) is 0 Å². The standard InChI is InChI=1S/C14H15F3IN3O2/c15-14(16,17)8-19-12(22)11-2-1-7-21(11)13(23)20-10-5-3-9(18)4-6-10/h3-6,11H,1-2,7-8H2,(H,19,22)(H,20,23). The number of hydrogen-bond acceptors (Lipinski definition) is 2. The van der Waals surface area contributed by atoms with Crippen molar-refractivity contribution in [3.05, 3.63) is 27.8 Å². The number of likely N-dealkylation sites (tertiary alicyclic amines) is 1. The minimum Gasteiger partial charge on any atom is -0.345 e. The lowest BCUT2D eigenvalue weighted by atomic mass is 10.2. The van der Waals surface area contributed by atoms with E-state index in [1.54, 1.807) is 12.1 Å². The number of carbonyl (C=O) groups excluding carboxylic acids is 2. The molecule has 2 rings (SSSR count). The molecular formula is C14H15F3IN3O2. The molecule has 0 saturated carbocycles. The number of carbonyl (C=O) groups is 2. The Bertz CT molecular complexity index is 578. The van der Waals surface area contributed by atoms with Crippen LogP contribution in [-0.4, -0.2) is 42.1 Å². The molecular weight excluding hydrogens is 426 g/mol. The van der Waals surface area contributed by atoms with E-state index >= 15 is 0 Å². The Kier molecular flexibility index (Phi) is 5.71. The maximum absolute atomic E-state index is 12.2. The Morgan fingerprint density at radius 3 is 2.52 bits per heavy atom. The van der Waals surface area contributed by atoms with Gasteiger partial charge in [-0.15, -0.1) is 0 Å². The predicted octanol–water partition coefficient (Wildman–Crippen LogP) is 2.97. The SMILES string of the molecule is O=C(NCC(F)(F)F)C1CCCN1C(=O)Nc1ccc(I)cc1. The van der Waals surface area contributed by atoms with E-state index in [-0.39, 0.29) is 0 Å². The third-order valence-corrected chi connectivity index (χ3v) is 4.09. The number of hydrogen-bond donors (Lipinski definition) is 2. The highest BCUT2D eigenvalue weighted by Crippen LogP contribution is 2.20. The van der Waals surface area contributed by atoms with Crippen molar-refractivity contribution >= 4 is 40.2 Å². The summed E-state index contributed by atoms with van der Waals surface area (Å²) in [5.74, 6) is -0.780. The number of rotatable bonds is 3. The molecule has 126 valence electrons. The van der Waals surface area contributed by atoms with Crippen LogP contribution in [0.1, 0.15) is 12.8 Å². The van der Waals surface area contributed by atoms with E-state index in [4.69, 9.17) is 0 Å². The molecule has 5 nitrogen and oxygen atoms in total. The largest absolute Gasteiger partial charge is 0.405 e. The highest BCUT2D eigenvalue weighted by Gasteiger charge is 2.36. The summed E-state index contributed by atoms with van der Waals surface area (Å²) in [5.41, 5.74) is 0.566. The molecule has 1 atom stereocenters. The number of halogens is 4. The van der Waals surface area contributed by atoms with E-state index in [0.29, 0.717) is 25.1 Å². The van der Waals surface area contributed by atoms with Crippen LogP contribution in [0.3, 0.4) is 0 Å². The van der Waals surface area contributed by atoms with E-state index in [1.807, 2.05) is 17.4 Å². The Hall–Kier alpha value is -1.52. The molecule has 1 heterocycles. The Balaban J connectivity index is 1.96. The number of nitrogens with one attached hydrogen (secondary N) is 2. The van der Waals surface area contributed by atoms with E-state index in [9.17, 15) is 22.8 Å². The summed E-state index contributed by atoms with van der Waals surface area (Å²) in [6, 6.07) is 5.70. The fourth-order valence-corrected chi connectivity index (χ4v) is 2.68. The van der Waals surface area contributed by atoms with Crippen LogP contribution in [0.5, 0.6) is 0 Å². The summed E-state index contributed by atoms with van der Waals surface area (Å²) < 4.78 is 37.5. The van der Waals surface area contributed by atoms with Gasteiger partial charge in [0.25, 0.3) is 0 Å². The molecule has 0 spiro atoms. The molecule has 0 aromatic heterocycles. The quantitative estimate of drug-likeness (QED) is 0.709. The average Bonchev–Trinajstić information content (AvgIpc) is 2.96. The summed E-state index contributed by atoms with van der Waals surface area (Å²) in [7, 11) is 0. The molecule has 1 unspecified atom stereocenters. The van der Waals surface area contributed by atoms with Crippen molar-refractivity contribution in [2.24, 2.45) is 0 Å². The molecule has 0 bridgehead atoms. The molecule has 0 aliphatic carbocycles. The summed E-state index contributed by atoms with van der Waals surface area (Å²) in [4.78, 5) is 25.4. The lowest BCUT2D eigenvalue weighted by Crippen LogP contribution is -2.49. The van der Waals surface area contributed by atoms with Crippen LogP contribution in [0, 0.1) is 3.57 Å². The number of amides is 3. The highest BCUT2D eigenvalue weighted by atomic mass is 127. The van der Waals surface area contributed by atoms with Crippen molar-refractivity contribution in [1.82, 2.24) is 10.2 Å². The maximum Gasteiger partial charge on any atom is 0.405 e. The van der Waals surface area contributed by atoms with Gasteiger partial charge in [-0.1, -0.05) is 0 Å². The summed E-state index contributed by atoms with van der Waals surface area (Å²) >= 11 is 2.13. The fourth-order valence-electron chi connectivity index (χ4n) is 2.32. The minimum atomic E-state index is -4.47. The monoisotopic (exact) mass is 441 g/mol. The predicted molar refractivity (Wildman–Crippen MR) is 87.0 cm³/mol. The lowest BCUT2D eigenvalue weighted by molar-refractivity contribution is -0.140. The van der Waals surface area contributed by atoms with Crippen molar-refractivity contribution < 1.29 is 22.8 Å². The van der Waals surface area contributed by atoms with Crippen LogP contribution in [0.4, 0.5) is 23.7 Å². The van der Waals surface area contributed by atoms with Crippen molar-refractivity contribution in [2.45, 2.75) is 25.1 Å². The van der Waals surface area contributed by atoms with Gasteiger partial charge in [0.2, 0.25) is 5.91 Å². The van der Waals surface area contributed by atoms with E-state index in [1.165, 1.54) is 4.90 Å². The van der Waals surface area contributed by atoms with Gasteiger partial charge >= 0.3 is 12.2 Å². The summed E-state index contributed by atoms with van der Waals surface area (Å²) in [6.45, 7) is -1.06. The second-order valence-corrected chi connectivity index (χ2v) is 6.37. The number of benzene rings is 1. The first kappa shape index (κ1) is 17.8. The molecule has 1 aromatic rings. The molecule has 1 aromatic carbocycles. The first-order valence-electron chi connectivity index (χ1n) is 6.94. The highest BCUT2D eigenvalue weighted by molar-refractivity contribution is 14.1. The van der Waals surface area contributed by atoms with Crippen LogP contribution < -0.4 is 10.6 Å². The molecule has 1 fully saturated rings. The summed E-state index contributed by atoms with van der Waals surface area (Å²) in [5, 5.41) is 4.48. The van der Waals surface area contributed by atoms with Gasteiger partial charge in [0.1, 0.15) is 12.6 Å². The normalized spacial score (nSPS) is 17.9. The van der Waals surface area contributed by atoms with Gasteiger partial charge in [-0.05, 0) is 59.7 Å². The smallest absolute Gasteiger partial charge is 0.345 e. The van der Waals surface area contributed by atoms with Crippen LogP contribution in [0.25, 0.3) is 0 Å². The lowest BCUT2D eigenvalue weighted by Gasteiger charge is -2.24. The molecule has 23 heavy (non-hydrogen) atoms. The van der Waals surface area contributed by atoms with Gasteiger partial charge in [0, 0.05) is 15.8 Å². The van der Waals surface area contributed by atoms with Crippen LogP contribution in [0.2, 0.25) is 0 Å². The zero-order valence-corrected chi connectivity index (χ0v) is 14.1. The van der Waals surface area contributed by atoms with Gasteiger partial charge in [-0.25, -0.2) is 4.79 Å². The van der Waals surface area contributed by atoms with Gasteiger partial charge in [-0.2, -0.15) is 13.2 Å². The Labute approximate surface area is 144 Å². The first-order valence-corrected chi connectivity index (χ1v) is 8.02. The second kappa shape index (κ2) is 7.37. The zero-order chi connectivity index (χ0) is 17.0. The van der Waals surface area contributed by atoms with Crippen molar-refractivity contribution in [3.8, 4) is 0 Å². The van der Waals surface area contributed by atoms with Gasteiger partial charge in [0.05, 0.1) is 0 Å². The molecule has 2 N–H and O–H groups in total. The zero-order valence-electron chi connectivity index (χ0n) is 12.0.